The lowest BCUT2D eigenvalue weighted by atomic mass is 10.0. The van der Waals surface area contributed by atoms with Gasteiger partial charge in [0.05, 0.1) is 12.6 Å². The van der Waals surface area contributed by atoms with Crippen molar-refractivity contribution >= 4 is 17.2 Å². The highest BCUT2D eigenvalue weighted by molar-refractivity contribution is 7.09. The Morgan fingerprint density at radius 3 is 2.93 bits per heavy atom. The van der Waals surface area contributed by atoms with Gasteiger partial charge in [0.1, 0.15) is 5.01 Å². The first kappa shape index (κ1) is 12.1. The number of nitrogens with one attached hydrogen (secondary N) is 1. The molecule has 1 heterocycles. The summed E-state index contributed by atoms with van der Waals surface area (Å²) < 4.78 is 0. The van der Waals surface area contributed by atoms with E-state index in [-0.39, 0.29) is 5.91 Å². The highest BCUT2D eigenvalue weighted by Crippen LogP contribution is 2.05. The van der Waals surface area contributed by atoms with Crippen molar-refractivity contribution < 1.29 is 4.79 Å². The van der Waals surface area contributed by atoms with Crippen LogP contribution in [0.4, 0.5) is 0 Å². The molecule has 0 bridgehead atoms. The molecule has 0 aliphatic carbocycles. The average Bonchev–Trinajstić information content (AvgIpc) is 2.65. The molecule has 0 aromatic carbocycles. The van der Waals surface area contributed by atoms with Crippen LogP contribution < -0.4 is 11.1 Å². The Bertz CT molecular complexity index is 298. The Balaban J connectivity index is 2.29. The maximum Gasteiger partial charge on any atom is 0.237 e. The van der Waals surface area contributed by atoms with Crippen LogP contribution in [0.1, 0.15) is 25.3 Å². The lowest BCUT2D eigenvalue weighted by Gasteiger charge is -2.13. The number of amides is 1. The van der Waals surface area contributed by atoms with Gasteiger partial charge in [-0.25, -0.2) is 4.98 Å². The smallest absolute Gasteiger partial charge is 0.237 e. The van der Waals surface area contributed by atoms with Crippen LogP contribution >= 0.6 is 11.3 Å². The first-order valence-corrected chi connectivity index (χ1v) is 5.89. The van der Waals surface area contributed by atoms with Gasteiger partial charge in [-0.3, -0.25) is 4.79 Å². The summed E-state index contributed by atoms with van der Waals surface area (Å²) >= 11 is 1.52. The number of carbonyl (C=O) groups is 1. The SMILES string of the molecule is CC(C)CC(N)C(=O)NCc1nccs1. The molecule has 5 heteroatoms. The van der Waals surface area contributed by atoms with E-state index >= 15 is 0 Å². The van der Waals surface area contributed by atoms with E-state index in [1.807, 2.05) is 19.2 Å². The van der Waals surface area contributed by atoms with Crippen molar-refractivity contribution in [3.8, 4) is 0 Å². The number of thiazole rings is 1. The summed E-state index contributed by atoms with van der Waals surface area (Å²) in [7, 11) is 0. The van der Waals surface area contributed by atoms with Crippen molar-refractivity contribution in [2.24, 2.45) is 11.7 Å². The highest BCUT2D eigenvalue weighted by Gasteiger charge is 2.14. The molecule has 0 saturated heterocycles. The molecule has 1 atom stereocenters. The molecule has 0 spiro atoms. The largest absolute Gasteiger partial charge is 0.348 e. The van der Waals surface area contributed by atoms with Crippen molar-refractivity contribution in [1.82, 2.24) is 10.3 Å². The zero-order valence-electron chi connectivity index (χ0n) is 9.06. The number of nitrogens with zero attached hydrogens (tertiary/aromatic N) is 1. The quantitative estimate of drug-likeness (QED) is 0.792. The second-order valence-electron chi connectivity index (χ2n) is 3.88. The zero-order chi connectivity index (χ0) is 11.3. The molecule has 15 heavy (non-hydrogen) atoms. The minimum Gasteiger partial charge on any atom is -0.348 e. The molecule has 3 N–H and O–H groups in total. The molecule has 1 aromatic rings. The van der Waals surface area contributed by atoms with Gasteiger partial charge in [0.25, 0.3) is 0 Å². The standard InChI is InChI=1S/C10H17N3OS/c1-7(2)5-8(11)10(14)13-6-9-12-3-4-15-9/h3-4,7-8H,5-6,11H2,1-2H3,(H,13,14). The highest BCUT2D eigenvalue weighted by atomic mass is 32.1. The molecule has 0 aliphatic rings. The van der Waals surface area contributed by atoms with E-state index in [0.717, 1.165) is 5.01 Å². The Labute approximate surface area is 93.9 Å². The van der Waals surface area contributed by atoms with Gasteiger partial charge in [0, 0.05) is 11.6 Å². The number of hydrogen-bond donors (Lipinski definition) is 2. The minimum absolute atomic E-state index is 0.0982. The molecular formula is C10H17N3OS. The van der Waals surface area contributed by atoms with E-state index in [1.54, 1.807) is 6.20 Å². The van der Waals surface area contributed by atoms with Gasteiger partial charge in [0.2, 0.25) is 5.91 Å². The van der Waals surface area contributed by atoms with Gasteiger partial charge in [0.15, 0.2) is 0 Å². The van der Waals surface area contributed by atoms with Crippen LogP contribution in [-0.4, -0.2) is 16.9 Å². The lowest BCUT2D eigenvalue weighted by molar-refractivity contribution is -0.122. The van der Waals surface area contributed by atoms with Crippen LogP contribution in [-0.2, 0) is 11.3 Å². The molecule has 0 radical (unpaired) electrons. The number of aromatic nitrogens is 1. The second kappa shape index (κ2) is 5.82. The first-order valence-electron chi connectivity index (χ1n) is 5.01. The second-order valence-corrected chi connectivity index (χ2v) is 4.86. The average molecular weight is 227 g/mol. The molecule has 0 aliphatic heterocycles. The molecule has 0 saturated carbocycles. The summed E-state index contributed by atoms with van der Waals surface area (Å²) in [6.07, 6.45) is 2.43. The summed E-state index contributed by atoms with van der Waals surface area (Å²) in [5.41, 5.74) is 5.73. The van der Waals surface area contributed by atoms with Crippen molar-refractivity contribution in [3.05, 3.63) is 16.6 Å². The van der Waals surface area contributed by atoms with Crippen LogP contribution in [0.15, 0.2) is 11.6 Å². The molecular weight excluding hydrogens is 210 g/mol. The predicted molar refractivity (Wildman–Crippen MR) is 61.4 cm³/mol. The third-order valence-corrected chi connectivity index (χ3v) is 2.74. The molecule has 1 unspecified atom stereocenters. The predicted octanol–water partition coefficient (Wildman–Crippen LogP) is 1.13. The number of carbonyl (C=O) groups excluding carboxylic acids is 1. The molecule has 84 valence electrons. The molecule has 1 aromatic heterocycles. The summed E-state index contributed by atoms with van der Waals surface area (Å²) in [4.78, 5) is 15.6. The van der Waals surface area contributed by atoms with Crippen molar-refractivity contribution in [3.63, 3.8) is 0 Å². The van der Waals surface area contributed by atoms with Gasteiger partial charge in [-0.1, -0.05) is 13.8 Å². The Morgan fingerprint density at radius 1 is 1.67 bits per heavy atom. The molecule has 4 nitrogen and oxygen atoms in total. The van der Waals surface area contributed by atoms with Crippen LogP contribution in [0.5, 0.6) is 0 Å². The Morgan fingerprint density at radius 2 is 2.40 bits per heavy atom. The Hall–Kier alpha value is -0.940. The van der Waals surface area contributed by atoms with E-state index in [9.17, 15) is 4.79 Å². The normalized spacial score (nSPS) is 12.8. The summed E-state index contributed by atoms with van der Waals surface area (Å²) in [5, 5.41) is 5.56. The third-order valence-electron chi connectivity index (χ3n) is 1.96. The summed E-state index contributed by atoms with van der Waals surface area (Å²) in [6, 6.07) is -0.412. The van der Waals surface area contributed by atoms with E-state index in [2.05, 4.69) is 10.3 Å². The van der Waals surface area contributed by atoms with E-state index in [4.69, 9.17) is 5.73 Å². The van der Waals surface area contributed by atoms with Gasteiger partial charge >= 0.3 is 0 Å². The summed E-state index contributed by atoms with van der Waals surface area (Å²) in [5.74, 6) is 0.338. The third kappa shape index (κ3) is 4.40. The first-order chi connectivity index (χ1) is 7.09. The van der Waals surface area contributed by atoms with Crippen molar-refractivity contribution in [2.75, 3.05) is 0 Å². The maximum absolute atomic E-state index is 11.5. The molecule has 0 fully saturated rings. The van der Waals surface area contributed by atoms with Crippen LogP contribution in [0.3, 0.4) is 0 Å². The monoisotopic (exact) mass is 227 g/mol. The van der Waals surface area contributed by atoms with Crippen LogP contribution in [0.25, 0.3) is 0 Å². The molecule has 1 amide bonds. The number of rotatable bonds is 5. The maximum atomic E-state index is 11.5. The fourth-order valence-corrected chi connectivity index (χ4v) is 1.81. The van der Waals surface area contributed by atoms with E-state index in [0.29, 0.717) is 18.9 Å². The fourth-order valence-electron chi connectivity index (χ4n) is 1.25. The Kier molecular flexibility index (Phi) is 4.71. The van der Waals surface area contributed by atoms with Crippen molar-refractivity contribution in [2.45, 2.75) is 32.9 Å². The van der Waals surface area contributed by atoms with E-state index in [1.165, 1.54) is 11.3 Å². The minimum atomic E-state index is -0.412. The number of nitrogens with two attached hydrogens (primary N) is 1. The van der Waals surface area contributed by atoms with Crippen LogP contribution in [0, 0.1) is 5.92 Å². The molecule has 1 rings (SSSR count). The lowest BCUT2D eigenvalue weighted by Crippen LogP contribution is -2.40. The zero-order valence-corrected chi connectivity index (χ0v) is 9.88. The van der Waals surface area contributed by atoms with Gasteiger partial charge in [-0.2, -0.15) is 0 Å². The van der Waals surface area contributed by atoms with Gasteiger partial charge in [-0.15, -0.1) is 11.3 Å². The van der Waals surface area contributed by atoms with Crippen LogP contribution in [0.2, 0.25) is 0 Å². The van der Waals surface area contributed by atoms with E-state index < -0.39 is 6.04 Å². The number of hydrogen-bond acceptors (Lipinski definition) is 4. The van der Waals surface area contributed by atoms with Gasteiger partial charge in [-0.05, 0) is 12.3 Å². The fraction of sp³-hybridized carbons (Fsp3) is 0.600. The van der Waals surface area contributed by atoms with Crippen molar-refractivity contribution in [1.29, 1.82) is 0 Å². The topological polar surface area (TPSA) is 68.0 Å². The van der Waals surface area contributed by atoms with Gasteiger partial charge < -0.3 is 11.1 Å². The summed E-state index contributed by atoms with van der Waals surface area (Å²) in [6.45, 7) is 4.57.